The minimum atomic E-state index is -3.52. The van der Waals surface area contributed by atoms with Gasteiger partial charge in [0.2, 0.25) is 0 Å². The first-order chi connectivity index (χ1) is 7.68. The zero-order valence-corrected chi connectivity index (χ0v) is 9.42. The molecule has 0 aliphatic carbocycles. The third-order valence-electron chi connectivity index (χ3n) is 2.07. The van der Waals surface area contributed by atoms with Crippen molar-refractivity contribution in [1.82, 2.24) is 0 Å². The van der Waals surface area contributed by atoms with E-state index in [2.05, 4.69) is 0 Å². The van der Waals surface area contributed by atoms with E-state index in [1.165, 1.54) is 0 Å². The standard InChI is InChI=1S/C12H12O3P/c13-16(14,12-9-5-2-6-10-12)15-11-7-3-1-4-8-11/h1-10,13-14H/q+1. The van der Waals surface area contributed by atoms with E-state index >= 15 is 0 Å². The van der Waals surface area contributed by atoms with Crippen molar-refractivity contribution < 1.29 is 14.3 Å². The molecule has 2 aromatic rings. The molecule has 0 spiro atoms. The van der Waals surface area contributed by atoms with Crippen molar-refractivity contribution >= 4 is 13.2 Å². The van der Waals surface area contributed by atoms with Crippen molar-refractivity contribution in [2.75, 3.05) is 0 Å². The van der Waals surface area contributed by atoms with Crippen LogP contribution in [0.2, 0.25) is 0 Å². The minimum Gasteiger partial charge on any atom is -0.281 e. The quantitative estimate of drug-likeness (QED) is 0.801. The average Bonchev–Trinajstić information content (AvgIpc) is 2.31. The fourth-order valence-electron chi connectivity index (χ4n) is 1.30. The minimum absolute atomic E-state index is 0.402. The molecule has 0 atom stereocenters. The molecule has 4 heteroatoms. The summed E-state index contributed by atoms with van der Waals surface area (Å²) in [5.41, 5.74) is 0. The molecule has 2 aromatic carbocycles. The molecule has 3 nitrogen and oxygen atoms in total. The molecule has 0 aromatic heterocycles. The molecule has 82 valence electrons. The summed E-state index contributed by atoms with van der Waals surface area (Å²) in [6.07, 6.45) is 0. The van der Waals surface area contributed by atoms with E-state index in [0.717, 1.165) is 0 Å². The molecule has 2 rings (SSSR count). The van der Waals surface area contributed by atoms with Crippen LogP contribution in [0.1, 0.15) is 0 Å². The van der Waals surface area contributed by atoms with Crippen LogP contribution < -0.4 is 9.83 Å². The molecule has 0 heterocycles. The highest BCUT2D eigenvalue weighted by Crippen LogP contribution is 2.49. The Hall–Kier alpha value is -1.41. The van der Waals surface area contributed by atoms with Crippen molar-refractivity contribution in [3.05, 3.63) is 60.7 Å². The van der Waals surface area contributed by atoms with Gasteiger partial charge in [-0.05, 0) is 24.3 Å². The zero-order chi connectivity index (χ0) is 11.4. The van der Waals surface area contributed by atoms with Gasteiger partial charge in [0, 0.05) is 0 Å². The van der Waals surface area contributed by atoms with Crippen molar-refractivity contribution in [3.8, 4) is 5.75 Å². The van der Waals surface area contributed by atoms with Gasteiger partial charge in [0.25, 0.3) is 0 Å². The van der Waals surface area contributed by atoms with Crippen LogP contribution in [0.5, 0.6) is 5.75 Å². The highest BCUT2D eigenvalue weighted by atomic mass is 31.2. The summed E-state index contributed by atoms with van der Waals surface area (Å²) in [5, 5.41) is 0.402. The van der Waals surface area contributed by atoms with Crippen molar-refractivity contribution in [3.63, 3.8) is 0 Å². The van der Waals surface area contributed by atoms with Crippen LogP contribution in [-0.2, 0) is 0 Å². The lowest BCUT2D eigenvalue weighted by Crippen LogP contribution is -2.14. The first kappa shape index (κ1) is 11.1. The lowest BCUT2D eigenvalue weighted by Gasteiger charge is -2.10. The highest BCUT2D eigenvalue weighted by molar-refractivity contribution is 7.68. The molecule has 0 amide bonds. The van der Waals surface area contributed by atoms with Gasteiger partial charge in [0.1, 0.15) is 0 Å². The third kappa shape index (κ3) is 2.58. The topological polar surface area (TPSA) is 49.7 Å². The van der Waals surface area contributed by atoms with Crippen LogP contribution in [0, 0.1) is 0 Å². The van der Waals surface area contributed by atoms with E-state index in [9.17, 15) is 9.79 Å². The van der Waals surface area contributed by atoms with Gasteiger partial charge in [-0.2, -0.15) is 9.79 Å². The molecule has 0 saturated heterocycles. The van der Waals surface area contributed by atoms with Gasteiger partial charge in [-0.1, -0.05) is 36.4 Å². The number of benzene rings is 2. The van der Waals surface area contributed by atoms with Gasteiger partial charge in [0.15, 0.2) is 11.1 Å². The lowest BCUT2D eigenvalue weighted by atomic mass is 10.3. The molecule has 16 heavy (non-hydrogen) atoms. The normalized spacial score (nSPS) is 11.1. The lowest BCUT2D eigenvalue weighted by molar-refractivity contribution is 0.355. The van der Waals surface area contributed by atoms with Gasteiger partial charge >= 0.3 is 7.94 Å². The Morgan fingerprint density at radius 3 is 1.81 bits per heavy atom. The maximum Gasteiger partial charge on any atom is 0.487 e. The molecule has 0 aliphatic rings. The second-order valence-electron chi connectivity index (χ2n) is 3.28. The predicted octanol–water partition coefficient (Wildman–Crippen LogP) is 2.14. The number of hydrogen-bond acceptors (Lipinski definition) is 3. The van der Waals surface area contributed by atoms with Crippen LogP contribution >= 0.6 is 7.94 Å². The van der Waals surface area contributed by atoms with E-state index < -0.39 is 7.94 Å². The Kier molecular flexibility index (Phi) is 3.20. The van der Waals surface area contributed by atoms with Gasteiger partial charge in [-0.25, -0.2) is 0 Å². The number of para-hydroxylation sites is 1. The summed E-state index contributed by atoms with van der Waals surface area (Å²) in [6.45, 7) is 0. The first-order valence-electron chi connectivity index (χ1n) is 4.83. The van der Waals surface area contributed by atoms with Crippen LogP contribution in [0.3, 0.4) is 0 Å². The average molecular weight is 235 g/mol. The van der Waals surface area contributed by atoms with Crippen molar-refractivity contribution in [2.24, 2.45) is 0 Å². The summed E-state index contributed by atoms with van der Waals surface area (Å²) < 4.78 is 5.21. The van der Waals surface area contributed by atoms with Gasteiger partial charge in [-0.3, -0.25) is 4.52 Å². The fourth-order valence-corrected chi connectivity index (χ4v) is 2.38. The SMILES string of the molecule is O[P+](O)(Oc1ccccc1)c1ccccc1. The predicted molar refractivity (Wildman–Crippen MR) is 64.5 cm³/mol. The molecule has 0 aliphatic heterocycles. The van der Waals surface area contributed by atoms with Crippen LogP contribution in [0.15, 0.2) is 60.7 Å². The summed E-state index contributed by atoms with van der Waals surface area (Å²) in [5.74, 6) is 0.449. The largest absolute Gasteiger partial charge is 0.487 e. The maximum atomic E-state index is 9.88. The second kappa shape index (κ2) is 4.62. The smallest absolute Gasteiger partial charge is 0.281 e. The summed E-state index contributed by atoms with van der Waals surface area (Å²) >= 11 is 0. The summed E-state index contributed by atoms with van der Waals surface area (Å²) in [7, 11) is -3.52. The van der Waals surface area contributed by atoms with E-state index in [-0.39, 0.29) is 0 Å². The fraction of sp³-hybridized carbons (Fsp3) is 0. The Morgan fingerprint density at radius 1 is 0.750 bits per heavy atom. The maximum absolute atomic E-state index is 9.88. The van der Waals surface area contributed by atoms with Crippen molar-refractivity contribution in [2.45, 2.75) is 0 Å². The molecule has 0 bridgehead atoms. The monoisotopic (exact) mass is 235 g/mol. The summed E-state index contributed by atoms with van der Waals surface area (Å²) in [4.78, 5) is 19.8. The Balaban J connectivity index is 2.21. The highest BCUT2D eigenvalue weighted by Gasteiger charge is 2.40. The molecule has 2 N–H and O–H groups in total. The number of hydrogen-bond donors (Lipinski definition) is 2. The Bertz CT molecular complexity index is 442. The third-order valence-corrected chi connectivity index (χ3v) is 3.50. The number of rotatable bonds is 3. The molecule has 0 saturated carbocycles. The van der Waals surface area contributed by atoms with E-state index in [0.29, 0.717) is 11.1 Å². The van der Waals surface area contributed by atoms with Crippen LogP contribution in [0.25, 0.3) is 0 Å². The summed E-state index contributed by atoms with van der Waals surface area (Å²) in [6, 6.07) is 17.3. The molecule has 0 radical (unpaired) electrons. The van der Waals surface area contributed by atoms with Gasteiger partial charge < -0.3 is 0 Å². The molecular formula is C12H12O3P+. The molecule has 0 fully saturated rings. The zero-order valence-electron chi connectivity index (χ0n) is 8.52. The molecule has 0 unspecified atom stereocenters. The Labute approximate surface area is 94.5 Å². The van der Waals surface area contributed by atoms with E-state index in [4.69, 9.17) is 4.52 Å². The van der Waals surface area contributed by atoms with Crippen LogP contribution in [-0.4, -0.2) is 9.79 Å². The second-order valence-corrected chi connectivity index (χ2v) is 5.07. The Morgan fingerprint density at radius 2 is 1.25 bits per heavy atom. The van der Waals surface area contributed by atoms with Gasteiger partial charge in [-0.15, -0.1) is 0 Å². The van der Waals surface area contributed by atoms with Gasteiger partial charge in [0.05, 0.1) is 0 Å². The van der Waals surface area contributed by atoms with Crippen molar-refractivity contribution in [1.29, 1.82) is 0 Å². The molecular weight excluding hydrogens is 223 g/mol. The van der Waals surface area contributed by atoms with E-state index in [1.807, 2.05) is 12.1 Å². The van der Waals surface area contributed by atoms with Crippen LogP contribution in [0.4, 0.5) is 0 Å². The first-order valence-corrected chi connectivity index (χ1v) is 6.44. The van der Waals surface area contributed by atoms with E-state index in [1.54, 1.807) is 48.5 Å².